The van der Waals surface area contributed by atoms with Crippen molar-refractivity contribution in [3.63, 3.8) is 0 Å². The molecule has 6 nitrogen and oxygen atoms in total. The second kappa shape index (κ2) is 8.52. The summed E-state index contributed by atoms with van der Waals surface area (Å²) in [5, 5.41) is 2.75. The standard InChI is InChI=1S/C22H18F2N6/c23-16-9-10-17(24)18(12-16)29-21-20(25)22(28-14-27-21)30(19-8-4-5-11-26-19)13-15-6-2-1-3-7-15/h1-12,14H,13,25H2,(H,27,28,29). The molecule has 2 heterocycles. The second-order valence-electron chi connectivity index (χ2n) is 6.47. The van der Waals surface area contributed by atoms with Gasteiger partial charge in [0.2, 0.25) is 0 Å². The summed E-state index contributed by atoms with van der Waals surface area (Å²) in [6, 6.07) is 18.4. The van der Waals surface area contributed by atoms with Crippen molar-refractivity contribution in [2.45, 2.75) is 6.54 Å². The van der Waals surface area contributed by atoms with Crippen LogP contribution in [-0.4, -0.2) is 15.0 Å². The van der Waals surface area contributed by atoms with Gasteiger partial charge in [-0.15, -0.1) is 0 Å². The molecule has 0 amide bonds. The van der Waals surface area contributed by atoms with Crippen molar-refractivity contribution < 1.29 is 8.78 Å². The van der Waals surface area contributed by atoms with Crippen LogP contribution in [0.3, 0.4) is 0 Å². The lowest BCUT2D eigenvalue weighted by molar-refractivity contribution is 0.603. The Bertz CT molecular complexity index is 1140. The summed E-state index contributed by atoms with van der Waals surface area (Å²) in [5.74, 6) is -0.00670. The Labute approximate surface area is 172 Å². The van der Waals surface area contributed by atoms with Crippen molar-refractivity contribution in [2.75, 3.05) is 16.0 Å². The maximum absolute atomic E-state index is 14.1. The molecule has 0 saturated heterocycles. The van der Waals surface area contributed by atoms with Gasteiger partial charge in [-0.05, 0) is 29.8 Å². The van der Waals surface area contributed by atoms with E-state index in [2.05, 4.69) is 20.3 Å². The highest BCUT2D eigenvalue weighted by Crippen LogP contribution is 2.33. The number of nitrogen functional groups attached to an aromatic ring is 1. The first-order valence-corrected chi connectivity index (χ1v) is 9.17. The number of hydrogen-bond donors (Lipinski definition) is 2. The Balaban J connectivity index is 1.74. The highest BCUT2D eigenvalue weighted by molar-refractivity contribution is 5.80. The monoisotopic (exact) mass is 404 g/mol. The molecule has 2 aromatic heterocycles. The van der Waals surface area contributed by atoms with E-state index in [-0.39, 0.29) is 17.2 Å². The van der Waals surface area contributed by atoms with Crippen LogP contribution in [0, 0.1) is 11.6 Å². The first kappa shape index (κ1) is 19.3. The number of anilines is 5. The van der Waals surface area contributed by atoms with Crippen LogP contribution in [-0.2, 0) is 6.54 Å². The maximum atomic E-state index is 14.1. The van der Waals surface area contributed by atoms with Gasteiger partial charge in [-0.25, -0.2) is 23.7 Å². The minimum Gasteiger partial charge on any atom is -0.393 e. The Morgan fingerprint density at radius 1 is 0.900 bits per heavy atom. The molecule has 0 spiro atoms. The number of aromatic nitrogens is 3. The molecule has 2 aromatic carbocycles. The molecule has 0 saturated carbocycles. The number of nitrogens with one attached hydrogen (secondary N) is 1. The molecule has 0 unspecified atom stereocenters. The predicted octanol–water partition coefficient (Wildman–Crippen LogP) is 4.81. The average Bonchev–Trinajstić information content (AvgIpc) is 2.77. The quantitative estimate of drug-likeness (QED) is 0.480. The highest BCUT2D eigenvalue weighted by Gasteiger charge is 2.19. The van der Waals surface area contributed by atoms with Crippen molar-refractivity contribution in [3.8, 4) is 0 Å². The average molecular weight is 404 g/mol. The van der Waals surface area contributed by atoms with Gasteiger partial charge in [-0.2, -0.15) is 0 Å². The minimum atomic E-state index is -0.623. The van der Waals surface area contributed by atoms with Crippen LogP contribution in [0.25, 0.3) is 0 Å². The summed E-state index contributed by atoms with van der Waals surface area (Å²) in [7, 11) is 0. The molecule has 0 fully saturated rings. The van der Waals surface area contributed by atoms with Crippen LogP contribution in [0.5, 0.6) is 0 Å². The first-order valence-electron chi connectivity index (χ1n) is 9.17. The number of pyridine rings is 1. The van der Waals surface area contributed by atoms with Crippen LogP contribution in [0.2, 0.25) is 0 Å². The number of nitrogens with zero attached hydrogens (tertiary/aromatic N) is 4. The van der Waals surface area contributed by atoms with E-state index in [1.54, 1.807) is 6.20 Å². The van der Waals surface area contributed by atoms with Crippen molar-refractivity contribution >= 4 is 28.8 Å². The molecule has 4 rings (SSSR count). The Kier molecular flexibility index (Phi) is 5.47. The molecule has 150 valence electrons. The zero-order chi connectivity index (χ0) is 20.9. The fourth-order valence-electron chi connectivity index (χ4n) is 2.97. The highest BCUT2D eigenvalue weighted by atomic mass is 19.1. The van der Waals surface area contributed by atoms with Crippen LogP contribution < -0.4 is 16.0 Å². The van der Waals surface area contributed by atoms with Gasteiger partial charge < -0.3 is 16.0 Å². The van der Waals surface area contributed by atoms with Gasteiger partial charge in [-0.1, -0.05) is 36.4 Å². The lowest BCUT2D eigenvalue weighted by Crippen LogP contribution is -2.21. The van der Waals surface area contributed by atoms with Crippen molar-refractivity contribution in [2.24, 2.45) is 0 Å². The molecule has 4 aromatic rings. The number of halogens is 2. The lowest BCUT2D eigenvalue weighted by atomic mass is 10.2. The van der Waals surface area contributed by atoms with Gasteiger partial charge >= 0.3 is 0 Å². The molecular weight excluding hydrogens is 386 g/mol. The number of rotatable bonds is 6. The molecule has 0 radical (unpaired) electrons. The Morgan fingerprint density at radius 3 is 2.47 bits per heavy atom. The van der Waals surface area contributed by atoms with Crippen molar-refractivity contribution in [1.29, 1.82) is 0 Å². The van der Waals surface area contributed by atoms with Crippen LogP contribution in [0.15, 0.2) is 79.3 Å². The van der Waals surface area contributed by atoms with Crippen LogP contribution >= 0.6 is 0 Å². The second-order valence-corrected chi connectivity index (χ2v) is 6.47. The number of hydrogen-bond acceptors (Lipinski definition) is 6. The first-order chi connectivity index (χ1) is 14.6. The zero-order valence-corrected chi connectivity index (χ0v) is 15.8. The largest absolute Gasteiger partial charge is 0.393 e. The van der Waals surface area contributed by atoms with Gasteiger partial charge in [0.25, 0.3) is 0 Å². The molecule has 0 aliphatic heterocycles. The lowest BCUT2D eigenvalue weighted by Gasteiger charge is -2.25. The minimum absolute atomic E-state index is 0.0706. The van der Waals surface area contributed by atoms with Crippen LogP contribution in [0.1, 0.15) is 5.56 Å². The van der Waals surface area contributed by atoms with E-state index in [4.69, 9.17) is 5.73 Å². The fourth-order valence-corrected chi connectivity index (χ4v) is 2.97. The molecule has 3 N–H and O–H groups in total. The normalized spacial score (nSPS) is 10.6. The summed E-state index contributed by atoms with van der Waals surface area (Å²) in [6.07, 6.45) is 2.98. The number of nitrogens with two attached hydrogens (primary N) is 1. The van der Waals surface area contributed by atoms with E-state index >= 15 is 0 Å². The Hall–Kier alpha value is -4.07. The third-order valence-corrected chi connectivity index (χ3v) is 4.41. The molecule has 0 aliphatic rings. The summed E-state index contributed by atoms with van der Waals surface area (Å²) in [6.45, 7) is 0.451. The van der Waals surface area contributed by atoms with Gasteiger partial charge in [-0.3, -0.25) is 0 Å². The van der Waals surface area contributed by atoms with E-state index in [1.807, 2.05) is 53.4 Å². The fraction of sp³-hybridized carbons (Fsp3) is 0.0455. The third kappa shape index (κ3) is 4.17. The summed E-state index contributed by atoms with van der Waals surface area (Å²) < 4.78 is 27.6. The number of benzene rings is 2. The van der Waals surface area contributed by atoms with Crippen molar-refractivity contribution in [1.82, 2.24) is 15.0 Å². The molecule has 0 aliphatic carbocycles. The van der Waals surface area contributed by atoms with Gasteiger partial charge in [0.1, 0.15) is 29.5 Å². The van der Waals surface area contributed by atoms with Crippen molar-refractivity contribution in [3.05, 3.63) is 96.5 Å². The van der Waals surface area contributed by atoms with Crippen LogP contribution in [0.4, 0.5) is 37.6 Å². The van der Waals surface area contributed by atoms with E-state index in [1.165, 1.54) is 6.33 Å². The van der Waals surface area contributed by atoms with Gasteiger partial charge in [0.05, 0.1) is 12.2 Å². The maximum Gasteiger partial charge on any atom is 0.163 e. The molecule has 30 heavy (non-hydrogen) atoms. The molecular formula is C22H18F2N6. The van der Waals surface area contributed by atoms with E-state index in [9.17, 15) is 8.78 Å². The zero-order valence-electron chi connectivity index (χ0n) is 15.8. The Morgan fingerprint density at radius 2 is 1.70 bits per heavy atom. The summed E-state index contributed by atoms with van der Waals surface area (Å²) in [4.78, 5) is 14.7. The SMILES string of the molecule is Nc1c(Nc2cc(F)ccc2F)ncnc1N(Cc1ccccc1)c1ccccn1. The molecule has 0 atom stereocenters. The molecule has 8 heteroatoms. The van der Waals surface area contributed by atoms with E-state index < -0.39 is 11.6 Å². The molecule has 0 bridgehead atoms. The van der Waals surface area contributed by atoms with E-state index in [0.717, 1.165) is 23.8 Å². The summed E-state index contributed by atoms with van der Waals surface area (Å²) >= 11 is 0. The topological polar surface area (TPSA) is 80.0 Å². The summed E-state index contributed by atoms with van der Waals surface area (Å²) in [5.41, 5.74) is 7.47. The smallest absolute Gasteiger partial charge is 0.163 e. The third-order valence-electron chi connectivity index (χ3n) is 4.41. The van der Waals surface area contributed by atoms with Gasteiger partial charge in [0, 0.05) is 12.3 Å². The predicted molar refractivity (Wildman–Crippen MR) is 113 cm³/mol. The van der Waals surface area contributed by atoms with Gasteiger partial charge in [0.15, 0.2) is 11.6 Å². The van der Waals surface area contributed by atoms with E-state index in [0.29, 0.717) is 18.2 Å².